The molecule has 3 aromatic carbocycles. The van der Waals surface area contributed by atoms with Crippen molar-refractivity contribution in [3.05, 3.63) is 209 Å². The lowest BCUT2D eigenvalue weighted by molar-refractivity contribution is -0.143. The molecule has 2 fully saturated rings. The van der Waals surface area contributed by atoms with Gasteiger partial charge in [0.25, 0.3) is 0 Å². The molecule has 36 nitrogen and oxygen atoms in total. The number of aromatic hydroxyl groups is 1. The van der Waals surface area contributed by atoms with E-state index < -0.39 is 210 Å². The minimum Gasteiger partial charge on any atom is -0.508 e. The Labute approximate surface area is 740 Å². The van der Waals surface area contributed by atoms with Crippen molar-refractivity contribution in [1.29, 1.82) is 0 Å². The van der Waals surface area contributed by atoms with E-state index in [4.69, 9.17) is 11.5 Å². The van der Waals surface area contributed by atoms with E-state index in [2.05, 4.69) is 83.1 Å². The molecule has 676 valence electrons. The summed E-state index contributed by atoms with van der Waals surface area (Å²) in [4.78, 5) is 230. The third-order valence-electron chi connectivity index (χ3n) is 22.8. The van der Waals surface area contributed by atoms with Gasteiger partial charge in [-0.1, -0.05) is 48.5 Å². The van der Waals surface area contributed by atoms with E-state index >= 15 is 42.3 Å². The molecule has 4 aliphatic heterocycles. The topological polar surface area (TPSA) is 540 Å². The number of phenolic OH excluding ortho intramolecular Hbond substituents is 1. The number of halogens is 3. The number of aliphatic carboxylic acids is 1. The monoisotopic (exact) mass is 1800 g/mol. The van der Waals surface area contributed by atoms with Gasteiger partial charge < -0.3 is 94.6 Å². The zero-order chi connectivity index (χ0) is 91.5. The van der Waals surface area contributed by atoms with Crippen molar-refractivity contribution in [2.45, 2.75) is 161 Å². The Morgan fingerprint density at radius 2 is 1.30 bits per heavy atom. The van der Waals surface area contributed by atoms with Gasteiger partial charge in [0, 0.05) is 130 Å². The highest BCUT2D eigenvalue weighted by molar-refractivity contribution is 7.98. The van der Waals surface area contributed by atoms with Crippen molar-refractivity contribution in [2.24, 2.45) is 39.2 Å². The first-order valence-electron chi connectivity index (χ1n) is 41.5. The van der Waals surface area contributed by atoms with Gasteiger partial charge in [0.05, 0.1) is 37.0 Å². The molecule has 4 unspecified atom stereocenters. The first-order chi connectivity index (χ1) is 61.4. The number of benzene rings is 3. The molecule has 1 saturated carbocycles. The van der Waals surface area contributed by atoms with Crippen LogP contribution in [0.1, 0.15) is 91.9 Å². The Morgan fingerprint density at radius 1 is 0.680 bits per heavy atom. The number of thioether (sulfide) groups is 2. The number of hydrogen-bond donors (Lipinski definition) is 16. The predicted octanol–water partition coefficient (Wildman–Crippen LogP) is 1.37. The lowest BCUT2D eigenvalue weighted by Gasteiger charge is -2.32. The Balaban J connectivity index is 0.890. The van der Waals surface area contributed by atoms with Gasteiger partial charge in [-0.2, -0.15) is 23.5 Å². The smallest absolute Gasteiger partial charge is 0.305 e. The average molecular weight is 1800 g/mol. The Kier molecular flexibility index (Phi) is 31.7. The molecule has 13 amide bonds. The minimum absolute atomic E-state index is 0.0271. The lowest BCUT2D eigenvalue weighted by Crippen LogP contribution is -2.61. The van der Waals surface area contributed by atoms with Gasteiger partial charge in [-0.05, 0) is 139 Å². The molecule has 12 rings (SSSR count). The summed E-state index contributed by atoms with van der Waals surface area (Å²) < 4.78 is 45.1. The van der Waals surface area contributed by atoms with Crippen LogP contribution in [-0.4, -0.2) is 238 Å². The standard InChI is InChI=1S/C87H99F3N20O16S2/c1-46(111)100-69(32-56-37-94-45-99-56)84(124)109(2)73(27-48-11-15-52(88)16-12-48)83(123)106-71-43-128-41-50-8-5-7-49(25-50)40-127-42-70(76(92)116)105-82(122)72-10-6-24-110(72)85(125)68(26-47-13-19-57(112)20-14-47)104-79(119)66(31-55-36-93-44-98-55)102-80(120)67(33-75(114)115)103-78(118)65(28-51-35-95-62-21-17-53(89)29-58(51)62)107-86(126)87(34-61(87)60-38-96-63-22-18-54(90)30-59(60)63)108-74(113)39-97-77(117)64(101-81(71)121)9-3-4-23-91/h5,7-8,11-22,25,29-30,35-38,44-45,58-59,61,64-73,112H,3-4,6,9-10,23-24,26-28,31-34,39-43,91H2,1-2H3,(H2,92,116)(H,93,98)(H,94,99)(H,97,117)(H,100,111)(H,101,121)(H,102,120)(H,103,118)(H,104,119)(H,105,122)(H,106,123)(H,107,126)(H,108,113)(H,114,115)/t58?,59?,61?,64-,65-,66-,67-,68-,69-,70-,71-,72-,73-,87?/m0/s1. The van der Waals surface area contributed by atoms with Crippen molar-refractivity contribution in [3.8, 4) is 5.75 Å². The molecule has 18 N–H and O–H groups in total. The van der Waals surface area contributed by atoms with Crippen LogP contribution >= 0.6 is 23.5 Å². The first-order valence-corrected chi connectivity index (χ1v) is 43.8. The van der Waals surface area contributed by atoms with Crippen molar-refractivity contribution in [1.82, 2.24) is 82.9 Å². The van der Waals surface area contributed by atoms with E-state index in [1.54, 1.807) is 18.2 Å². The van der Waals surface area contributed by atoms with E-state index in [1.165, 1.54) is 147 Å². The van der Waals surface area contributed by atoms with Gasteiger partial charge in [0.2, 0.25) is 76.8 Å². The zero-order valence-corrected chi connectivity index (χ0v) is 71.3. The number of phenols is 1. The van der Waals surface area contributed by atoms with Gasteiger partial charge in [-0.3, -0.25) is 77.1 Å². The number of imidazole rings is 2. The number of hydrogen-bond acceptors (Lipinski definition) is 22. The summed E-state index contributed by atoms with van der Waals surface area (Å²) >= 11 is 2.39. The van der Waals surface area contributed by atoms with Crippen molar-refractivity contribution < 1.29 is 90.5 Å². The lowest BCUT2D eigenvalue weighted by atomic mass is 9.87. The van der Waals surface area contributed by atoms with Crippen LogP contribution in [0.15, 0.2) is 179 Å². The molecular weight excluding hydrogens is 1700 g/mol. The van der Waals surface area contributed by atoms with E-state index in [9.17, 15) is 48.2 Å². The molecule has 3 aliphatic carbocycles. The summed E-state index contributed by atoms with van der Waals surface area (Å²) in [6, 6.07) is 2.26. The number of primary amides is 1. The molecule has 14 atom stereocenters. The number of allylic oxidation sites excluding steroid dienone is 8. The maximum Gasteiger partial charge on any atom is 0.305 e. The highest BCUT2D eigenvalue weighted by Crippen LogP contribution is 2.53. The summed E-state index contributed by atoms with van der Waals surface area (Å²) in [5.74, 6) is -18.9. The molecule has 128 heavy (non-hydrogen) atoms. The number of unbranched alkanes of at least 4 members (excludes halogenated alkanes) is 1. The minimum atomic E-state index is -2.12. The maximum atomic E-state index is 15.8. The number of nitrogens with two attached hydrogens (primary N) is 2. The van der Waals surface area contributed by atoms with Gasteiger partial charge in [0.15, 0.2) is 0 Å². The number of carbonyl (C=O) groups is 14. The Hall–Kier alpha value is -13.3. The molecule has 5 aromatic rings. The molecule has 1 spiro atoms. The number of carboxylic acids is 1. The number of amides is 13. The first kappa shape index (κ1) is 93.8. The number of aromatic nitrogens is 4. The number of carbonyl (C=O) groups excluding carboxylic acids is 13. The number of fused-ring (bicyclic) bond motifs is 5. The fraction of sp³-hybridized carbons (Fsp3) is 0.402. The Morgan fingerprint density at radius 3 is 1.97 bits per heavy atom. The number of rotatable bonds is 23. The van der Waals surface area contributed by atoms with Crippen LogP contribution in [-0.2, 0) is 104 Å². The molecule has 2 bridgehead atoms. The van der Waals surface area contributed by atoms with Crippen LogP contribution in [0.4, 0.5) is 13.2 Å². The molecule has 2 aromatic heterocycles. The van der Waals surface area contributed by atoms with E-state index in [0.717, 1.165) is 28.7 Å². The molecule has 41 heteroatoms. The normalized spacial score (nSPS) is 25.1. The van der Waals surface area contributed by atoms with Crippen LogP contribution in [0, 0.1) is 23.6 Å². The predicted molar refractivity (Wildman–Crippen MR) is 463 cm³/mol. The Bertz CT molecular complexity index is 5300. The van der Waals surface area contributed by atoms with Crippen molar-refractivity contribution in [3.63, 3.8) is 0 Å². The van der Waals surface area contributed by atoms with Crippen LogP contribution in [0.25, 0.3) is 0 Å². The summed E-state index contributed by atoms with van der Waals surface area (Å²) in [6.07, 6.45) is 13.3. The molecule has 0 radical (unpaired) electrons. The number of aliphatic imine (C=N–C) groups is 2. The van der Waals surface area contributed by atoms with Gasteiger partial charge >= 0.3 is 5.97 Å². The number of aromatic amines is 2. The van der Waals surface area contributed by atoms with Crippen LogP contribution in [0.3, 0.4) is 0 Å². The second-order valence-corrected chi connectivity index (χ2v) is 34.1. The van der Waals surface area contributed by atoms with Crippen molar-refractivity contribution in [2.75, 3.05) is 38.2 Å². The summed E-state index contributed by atoms with van der Waals surface area (Å²) in [6.45, 7) is 0.388. The van der Waals surface area contributed by atoms with Gasteiger partial charge in [-0.15, -0.1) is 0 Å². The number of carboxylic acid groups (broad SMARTS) is 1. The number of likely N-dealkylation sites (N-methyl/N-ethyl adjacent to an activating group) is 1. The van der Waals surface area contributed by atoms with E-state index in [1.807, 2.05) is 6.07 Å². The largest absolute Gasteiger partial charge is 0.508 e. The van der Waals surface area contributed by atoms with Gasteiger partial charge in [-0.25, -0.2) is 23.1 Å². The fourth-order valence-electron chi connectivity index (χ4n) is 16.0. The maximum absolute atomic E-state index is 15.8. The molecule has 7 aliphatic rings. The number of nitrogens with zero attached hydrogens (tertiary/aromatic N) is 6. The molecule has 1 saturated heterocycles. The third kappa shape index (κ3) is 24.7. The van der Waals surface area contributed by atoms with E-state index in [-0.39, 0.29) is 104 Å². The third-order valence-corrected chi connectivity index (χ3v) is 25.0. The summed E-state index contributed by atoms with van der Waals surface area (Å²) in [7, 11) is 1.32. The SMILES string of the molecule is CC(=O)N[C@@H](Cc1cnc[nH]1)C(=O)N(C)[C@@H](Cc1ccc(F)cc1)C(=O)N[C@H]1CSCc2cccc(c2)CSC[C@@H](C(N)=O)NC(=O)[C@@H]2CCCN2C(=O)[C@H](Cc2ccc(O)cc2)NC(=O)[C@H](Cc2cnc[nH]2)NC(=O)[C@H](CC(=O)O)NC(=O)[C@H](CC2=CN=C3C=CC(F)=CC23)NC(=O)C2(CC2C2=CN=C3C=CC(F)=CC23)NC(=O)CNC(=O)[C@H](CCCCN)NC1=O. The van der Waals surface area contributed by atoms with Crippen LogP contribution < -0.4 is 64.6 Å². The van der Waals surface area contributed by atoms with Crippen LogP contribution in [0.2, 0.25) is 0 Å². The zero-order valence-electron chi connectivity index (χ0n) is 69.7. The summed E-state index contributed by atoms with van der Waals surface area (Å²) in [5.41, 5.74) is 13.9. The highest BCUT2D eigenvalue weighted by atomic mass is 32.2. The van der Waals surface area contributed by atoms with Crippen molar-refractivity contribution >= 4 is 118 Å². The average Bonchev–Trinajstić information content (AvgIpc) is 1.55. The number of H-pyrrole nitrogens is 2. The summed E-state index contributed by atoms with van der Waals surface area (Å²) in [5, 5.41) is 47.4. The van der Waals surface area contributed by atoms with Crippen LogP contribution in [0.5, 0.6) is 5.75 Å². The van der Waals surface area contributed by atoms with Gasteiger partial charge in [0.1, 0.15) is 89.2 Å². The van der Waals surface area contributed by atoms with E-state index in [0.29, 0.717) is 45.8 Å². The molecule has 6 heterocycles. The highest BCUT2D eigenvalue weighted by Gasteiger charge is 2.64. The second kappa shape index (κ2) is 43.3. The quantitative estimate of drug-likeness (QED) is 0.0411. The number of nitrogens with one attached hydrogen (secondary N) is 12. The molecular formula is C87H99F3N20O16S2. The fourth-order valence-corrected chi connectivity index (χ4v) is 18.0. The second-order valence-electron chi connectivity index (χ2n) is 32.1.